The molecule has 2 aromatic rings. The lowest BCUT2D eigenvalue weighted by molar-refractivity contribution is 0.0963. The number of nitrogens with two attached hydrogens (primary N) is 1. The fourth-order valence-corrected chi connectivity index (χ4v) is 2.19. The summed E-state index contributed by atoms with van der Waals surface area (Å²) < 4.78 is 0. The van der Waals surface area contributed by atoms with Gasteiger partial charge in [0, 0.05) is 25.3 Å². The van der Waals surface area contributed by atoms with Crippen LogP contribution < -0.4 is 16.0 Å². The van der Waals surface area contributed by atoms with Gasteiger partial charge in [0.15, 0.2) is 0 Å². The first kappa shape index (κ1) is 13.9. The Morgan fingerprint density at radius 3 is 2.50 bits per heavy atom. The highest BCUT2D eigenvalue weighted by molar-refractivity contribution is 5.96. The standard InChI is InChI=1S/C16H19N3O/c1-11-6-4-5-7-14(11)19(3)15-10-12(16(20)18-2)8-9-13(15)17/h4-10H,17H2,1-3H3,(H,18,20). The molecule has 4 nitrogen and oxygen atoms in total. The maximum Gasteiger partial charge on any atom is 0.251 e. The third-order valence-electron chi connectivity index (χ3n) is 3.36. The molecule has 0 fully saturated rings. The summed E-state index contributed by atoms with van der Waals surface area (Å²) in [7, 11) is 3.56. The van der Waals surface area contributed by atoms with E-state index in [1.807, 2.05) is 43.1 Å². The second-order valence-corrected chi connectivity index (χ2v) is 4.70. The van der Waals surface area contributed by atoms with Gasteiger partial charge in [0.1, 0.15) is 0 Å². The number of para-hydroxylation sites is 1. The van der Waals surface area contributed by atoms with Crippen LogP contribution in [-0.2, 0) is 0 Å². The molecule has 0 heterocycles. The summed E-state index contributed by atoms with van der Waals surface area (Å²) in [4.78, 5) is 13.7. The first-order chi connectivity index (χ1) is 9.54. The molecule has 0 atom stereocenters. The molecule has 3 N–H and O–H groups in total. The van der Waals surface area contributed by atoms with Crippen LogP contribution in [0.2, 0.25) is 0 Å². The molecule has 0 aromatic heterocycles. The van der Waals surface area contributed by atoms with Crippen LogP contribution in [-0.4, -0.2) is 20.0 Å². The van der Waals surface area contributed by atoms with E-state index in [1.54, 1.807) is 25.2 Å². The van der Waals surface area contributed by atoms with E-state index in [0.717, 1.165) is 16.9 Å². The number of nitrogens with one attached hydrogen (secondary N) is 1. The lowest BCUT2D eigenvalue weighted by atomic mass is 10.1. The highest BCUT2D eigenvalue weighted by atomic mass is 16.1. The fraction of sp³-hybridized carbons (Fsp3) is 0.188. The fourth-order valence-electron chi connectivity index (χ4n) is 2.19. The predicted octanol–water partition coefficient (Wildman–Crippen LogP) is 2.70. The van der Waals surface area contributed by atoms with Crippen molar-refractivity contribution in [2.45, 2.75) is 6.92 Å². The lowest BCUT2D eigenvalue weighted by Gasteiger charge is -2.23. The summed E-state index contributed by atoms with van der Waals surface area (Å²) in [6.07, 6.45) is 0. The van der Waals surface area contributed by atoms with E-state index in [1.165, 1.54) is 0 Å². The van der Waals surface area contributed by atoms with Gasteiger partial charge in [-0.2, -0.15) is 0 Å². The Hall–Kier alpha value is -2.49. The summed E-state index contributed by atoms with van der Waals surface area (Å²) in [5.41, 5.74) is 10.3. The molecule has 0 saturated heterocycles. The van der Waals surface area contributed by atoms with Gasteiger partial charge < -0.3 is 16.0 Å². The molecule has 0 aliphatic heterocycles. The number of hydrogen-bond donors (Lipinski definition) is 2. The third-order valence-corrected chi connectivity index (χ3v) is 3.36. The minimum Gasteiger partial charge on any atom is -0.397 e. The maximum atomic E-state index is 11.7. The van der Waals surface area contributed by atoms with E-state index in [2.05, 4.69) is 5.32 Å². The molecule has 0 saturated carbocycles. The average molecular weight is 269 g/mol. The number of amides is 1. The number of anilines is 3. The number of nitrogen functional groups attached to an aromatic ring is 1. The zero-order valence-corrected chi connectivity index (χ0v) is 12.0. The van der Waals surface area contributed by atoms with Crippen molar-refractivity contribution in [3.63, 3.8) is 0 Å². The van der Waals surface area contributed by atoms with Gasteiger partial charge >= 0.3 is 0 Å². The minimum atomic E-state index is -0.121. The van der Waals surface area contributed by atoms with Crippen molar-refractivity contribution < 1.29 is 4.79 Å². The minimum absolute atomic E-state index is 0.121. The molecule has 4 heteroatoms. The highest BCUT2D eigenvalue weighted by Gasteiger charge is 2.12. The molecule has 0 bridgehead atoms. The van der Waals surface area contributed by atoms with Crippen LogP contribution in [0.15, 0.2) is 42.5 Å². The number of aryl methyl sites for hydroxylation is 1. The van der Waals surface area contributed by atoms with E-state index in [4.69, 9.17) is 5.73 Å². The summed E-state index contributed by atoms with van der Waals surface area (Å²) in [5.74, 6) is -0.121. The van der Waals surface area contributed by atoms with Gasteiger partial charge in [0.05, 0.1) is 11.4 Å². The van der Waals surface area contributed by atoms with Crippen molar-refractivity contribution in [1.29, 1.82) is 0 Å². The Bertz CT molecular complexity index is 637. The maximum absolute atomic E-state index is 11.7. The van der Waals surface area contributed by atoms with Crippen LogP contribution >= 0.6 is 0 Å². The van der Waals surface area contributed by atoms with Crippen molar-refractivity contribution >= 4 is 23.0 Å². The molecule has 104 valence electrons. The summed E-state index contributed by atoms with van der Waals surface area (Å²) in [5, 5.41) is 2.62. The molecular formula is C16H19N3O. The van der Waals surface area contributed by atoms with Crippen molar-refractivity contribution in [1.82, 2.24) is 5.32 Å². The van der Waals surface area contributed by atoms with E-state index >= 15 is 0 Å². The molecule has 0 unspecified atom stereocenters. The van der Waals surface area contributed by atoms with Gasteiger partial charge in [-0.1, -0.05) is 18.2 Å². The number of hydrogen-bond acceptors (Lipinski definition) is 3. The average Bonchev–Trinajstić information content (AvgIpc) is 2.46. The Morgan fingerprint density at radius 2 is 1.85 bits per heavy atom. The second-order valence-electron chi connectivity index (χ2n) is 4.70. The van der Waals surface area contributed by atoms with Crippen molar-refractivity contribution in [3.8, 4) is 0 Å². The van der Waals surface area contributed by atoms with Crippen LogP contribution in [0.5, 0.6) is 0 Å². The van der Waals surface area contributed by atoms with E-state index in [-0.39, 0.29) is 5.91 Å². The first-order valence-corrected chi connectivity index (χ1v) is 6.45. The first-order valence-electron chi connectivity index (χ1n) is 6.45. The molecule has 2 aromatic carbocycles. The van der Waals surface area contributed by atoms with Crippen molar-refractivity contribution in [2.24, 2.45) is 0 Å². The van der Waals surface area contributed by atoms with Gasteiger partial charge in [-0.25, -0.2) is 0 Å². The molecule has 0 aliphatic carbocycles. The molecule has 20 heavy (non-hydrogen) atoms. The number of carbonyl (C=O) groups is 1. The van der Waals surface area contributed by atoms with Crippen LogP contribution in [0.1, 0.15) is 15.9 Å². The zero-order valence-electron chi connectivity index (χ0n) is 12.0. The smallest absolute Gasteiger partial charge is 0.251 e. The number of carbonyl (C=O) groups excluding carboxylic acids is 1. The summed E-state index contributed by atoms with van der Waals surface area (Å²) in [6, 6.07) is 13.3. The van der Waals surface area contributed by atoms with E-state index in [9.17, 15) is 4.79 Å². The molecule has 0 spiro atoms. The topological polar surface area (TPSA) is 58.4 Å². The number of rotatable bonds is 3. The van der Waals surface area contributed by atoms with Crippen molar-refractivity contribution in [2.75, 3.05) is 24.7 Å². The van der Waals surface area contributed by atoms with E-state index in [0.29, 0.717) is 11.3 Å². The molecular weight excluding hydrogens is 250 g/mol. The Labute approximate surface area is 119 Å². The Balaban J connectivity index is 2.46. The van der Waals surface area contributed by atoms with Crippen LogP contribution in [0.4, 0.5) is 17.1 Å². The Morgan fingerprint density at radius 1 is 1.15 bits per heavy atom. The van der Waals surface area contributed by atoms with Crippen LogP contribution in [0, 0.1) is 6.92 Å². The van der Waals surface area contributed by atoms with Gasteiger partial charge in [0.25, 0.3) is 5.91 Å². The molecule has 0 aliphatic rings. The molecule has 2 rings (SSSR count). The van der Waals surface area contributed by atoms with E-state index < -0.39 is 0 Å². The van der Waals surface area contributed by atoms with Crippen LogP contribution in [0.25, 0.3) is 0 Å². The monoisotopic (exact) mass is 269 g/mol. The second kappa shape index (κ2) is 5.65. The van der Waals surface area contributed by atoms with Crippen molar-refractivity contribution in [3.05, 3.63) is 53.6 Å². The highest BCUT2D eigenvalue weighted by Crippen LogP contribution is 2.31. The van der Waals surface area contributed by atoms with Gasteiger partial charge in [-0.15, -0.1) is 0 Å². The lowest BCUT2D eigenvalue weighted by Crippen LogP contribution is -2.19. The predicted molar refractivity (Wildman–Crippen MR) is 83.5 cm³/mol. The molecule has 0 radical (unpaired) electrons. The summed E-state index contributed by atoms with van der Waals surface area (Å²) >= 11 is 0. The zero-order chi connectivity index (χ0) is 14.7. The third kappa shape index (κ3) is 2.59. The Kier molecular flexibility index (Phi) is 3.94. The number of benzene rings is 2. The summed E-state index contributed by atoms with van der Waals surface area (Å²) in [6.45, 7) is 2.05. The normalized spacial score (nSPS) is 10.2. The van der Waals surface area contributed by atoms with Gasteiger partial charge in [-0.05, 0) is 36.8 Å². The van der Waals surface area contributed by atoms with Gasteiger partial charge in [-0.3, -0.25) is 4.79 Å². The molecule has 1 amide bonds. The number of nitrogens with zero attached hydrogens (tertiary/aromatic N) is 1. The quantitative estimate of drug-likeness (QED) is 0.842. The van der Waals surface area contributed by atoms with Gasteiger partial charge in [0.2, 0.25) is 0 Å². The largest absolute Gasteiger partial charge is 0.397 e. The SMILES string of the molecule is CNC(=O)c1ccc(N)c(N(C)c2ccccc2C)c1. The van der Waals surface area contributed by atoms with Crippen LogP contribution in [0.3, 0.4) is 0 Å².